The Labute approximate surface area is 139 Å². The van der Waals surface area contributed by atoms with Crippen LogP contribution in [-0.4, -0.2) is 47.5 Å². The van der Waals surface area contributed by atoms with Crippen molar-refractivity contribution in [1.82, 2.24) is 4.90 Å². The number of amides is 1. The van der Waals surface area contributed by atoms with Crippen LogP contribution >= 0.6 is 0 Å². The zero-order valence-corrected chi connectivity index (χ0v) is 13.9. The van der Waals surface area contributed by atoms with Gasteiger partial charge >= 0.3 is 12.1 Å². The molecule has 1 amide bonds. The van der Waals surface area contributed by atoms with Crippen LogP contribution in [0.4, 0.5) is 13.6 Å². The van der Waals surface area contributed by atoms with Gasteiger partial charge in [0.2, 0.25) is 0 Å². The lowest BCUT2D eigenvalue weighted by molar-refractivity contribution is -0.152. The predicted octanol–water partition coefficient (Wildman–Crippen LogP) is 3.03. The van der Waals surface area contributed by atoms with E-state index in [9.17, 15) is 18.4 Å². The maximum Gasteiger partial charge on any atom is 0.411 e. The van der Waals surface area contributed by atoms with E-state index in [0.29, 0.717) is 5.56 Å². The van der Waals surface area contributed by atoms with Gasteiger partial charge in [0.15, 0.2) is 18.4 Å². The Morgan fingerprint density at radius 2 is 1.83 bits per heavy atom. The number of benzene rings is 1. The summed E-state index contributed by atoms with van der Waals surface area (Å²) in [6.45, 7) is 4.26. The van der Waals surface area contributed by atoms with Crippen LogP contribution in [0, 0.1) is 0 Å². The lowest BCUT2D eigenvalue weighted by Crippen LogP contribution is -2.46. The minimum atomic E-state index is -2.14. The van der Waals surface area contributed by atoms with Crippen molar-refractivity contribution in [2.75, 3.05) is 6.54 Å². The Morgan fingerprint density at radius 1 is 1.21 bits per heavy atom. The van der Waals surface area contributed by atoms with Gasteiger partial charge in [-0.1, -0.05) is 30.3 Å². The van der Waals surface area contributed by atoms with E-state index in [1.54, 1.807) is 51.1 Å². The molecule has 0 radical (unpaired) electrons. The minimum absolute atomic E-state index is 0.0813. The normalized spacial score (nSPS) is 23.9. The summed E-state index contributed by atoms with van der Waals surface area (Å²) >= 11 is 0. The zero-order chi connectivity index (χ0) is 17.9. The summed E-state index contributed by atoms with van der Waals surface area (Å²) < 4.78 is 37.9. The van der Waals surface area contributed by atoms with Gasteiger partial charge in [0.1, 0.15) is 12.2 Å². The first-order chi connectivity index (χ1) is 11.2. The van der Waals surface area contributed by atoms with Crippen LogP contribution in [-0.2, 0) is 20.9 Å². The molecule has 1 heterocycles. The first-order valence-corrected chi connectivity index (χ1v) is 7.67. The summed E-state index contributed by atoms with van der Waals surface area (Å²) in [5, 5.41) is 0. The van der Waals surface area contributed by atoms with E-state index in [0.717, 1.165) is 4.90 Å². The Morgan fingerprint density at radius 3 is 2.42 bits per heavy atom. The Bertz CT molecular complexity index is 588. The van der Waals surface area contributed by atoms with Crippen molar-refractivity contribution in [2.45, 2.75) is 51.4 Å². The van der Waals surface area contributed by atoms with E-state index in [1.165, 1.54) is 0 Å². The van der Waals surface area contributed by atoms with Gasteiger partial charge in [-0.15, -0.1) is 0 Å². The summed E-state index contributed by atoms with van der Waals surface area (Å²) in [7, 11) is 0. The van der Waals surface area contributed by atoms with Crippen molar-refractivity contribution in [1.29, 1.82) is 0 Å². The summed E-state index contributed by atoms with van der Waals surface area (Å²) in [5.41, 5.74) is -0.129. The average Bonchev–Trinajstić information content (AvgIpc) is 2.80. The lowest BCUT2D eigenvalue weighted by Gasteiger charge is -2.27. The molecule has 3 atom stereocenters. The van der Waals surface area contributed by atoms with Gasteiger partial charge in [-0.25, -0.2) is 18.4 Å². The molecule has 1 aliphatic heterocycles. The SMILES string of the molecule is CC(C)(C)OC(=O)N1CC(F)C(F)C1C(=O)OCc1ccccc1. The molecule has 1 aliphatic rings. The molecule has 1 aromatic carbocycles. The second kappa shape index (κ2) is 7.15. The van der Waals surface area contributed by atoms with Crippen molar-refractivity contribution in [3.63, 3.8) is 0 Å². The van der Waals surface area contributed by atoms with Gasteiger partial charge in [-0.05, 0) is 26.3 Å². The molecule has 24 heavy (non-hydrogen) atoms. The van der Waals surface area contributed by atoms with Crippen molar-refractivity contribution in [3.8, 4) is 0 Å². The van der Waals surface area contributed by atoms with Crippen LogP contribution in [0.3, 0.4) is 0 Å². The summed E-state index contributed by atoms with van der Waals surface area (Å²) in [6, 6.07) is 7.16. The first kappa shape index (κ1) is 18.2. The molecule has 0 N–H and O–H groups in total. The van der Waals surface area contributed by atoms with E-state index in [1.807, 2.05) is 0 Å². The monoisotopic (exact) mass is 341 g/mol. The van der Waals surface area contributed by atoms with E-state index >= 15 is 0 Å². The molecule has 0 saturated carbocycles. The number of likely N-dealkylation sites (tertiary alicyclic amines) is 1. The summed E-state index contributed by atoms with van der Waals surface area (Å²) in [6.07, 6.45) is -5.03. The number of carbonyl (C=O) groups is 2. The van der Waals surface area contributed by atoms with Gasteiger partial charge in [-0.3, -0.25) is 4.90 Å². The van der Waals surface area contributed by atoms with E-state index < -0.39 is 42.6 Å². The average molecular weight is 341 g/mol. The number of halogens is 2. The Balaban J connectivity index is 2.06. The molecule has 1 fully saturated rings. The molecule has 0 spiro atoms. The zero-order valence-electron chi connectivity index (χ0n) is 13.9. The maximum atomic E-state index is 14.1. The number of rotatable bonds is 3. The standard InChI is InChI=1S/C17H21F2NO4/c1-17(2,3)24-16(22)20-9-12(18)13(19)14(20)15(21)23-10-11-7-5-4-6-8-11/h4-8,12-14H,9-10H2,1-3H3. The highest BCUT2D eigenvalue weighted by atomic mass is 19.2. The Kier molecular flexibility index (Phi) is 5.41. The number of hydrogen-bond donors (Lipinski definition) is 0. The maximum absolute atomic E-state index is 14.1. The highest BCUT2D eigenvalue weighted by Crippen LogP contribution is 2.27. The van der Waals surface area contributed by atoms with Crippen molar-refractivity contribution >= 4 is 12.1 Å². The quantitative estimate of drug-likeness (QED) is 0.793. The number of alkyl halides is 2. The molecule has 1 aromatic rings. The van der Waals surface area contributed by atoms with Crippen molar-refractivity contribution in [3.05, 3.63) is 35.9 Å². The van der Waals surface area contributed by atoms with Crippen LogP contribution in [0.25, 0.3) is 0 Å². The Hall–Kier alpha value is -2.18. The first-order valence-electron chi connectivity index (χ1n) is 7.67. The molecule has 3 unspecified atom stereocenters. The fourth-order valence-electron chi connectivity index (χ4n) is 2.35. The van der Waals surface area contributed by atoms with Gasteiger partial charge in [-0.2, -0.15) is 0 Å². The smallest absolute Gasteiger partial charge is 0.411 e. The largest absolute Gasteiger partial charge is 0.459 e. The van der Waals surface area contributed by atoms with E-state index in [-0.39, 0.29) is 6.61 Å². The molecule has 1 saturated heterocycles. The minimum Gasteiger partial charge on any atom is -0.459 e. The molecule has 0 aromatic heterocycles. The lowest BCUT2D eigenvalue weighted by atomic mass is 10.2. The number of hydrogen-bond acceptors (Lipinski definition) is 4. The topological polar surface area (TPSA) is 55.8 Å². The van der Waals surface area contributed by atoms with Gasteiger partial charge < -0.3 is 9.47 Å². The number of ether oxygens (including phenoxy) is 2. The van der Waals surface area contributed by atoms with E-state index in [2.05, 4.69) is 0 Å². The number of carbonyl (C=O) groups excluding carboxylic acids is 2. The van der Waals surface area contributed by atoms with Crippen LogP contribution in [0.2, 0.25) is 0 Å². The van der Waals surface area contributed by atoms with Gasteiger partial charge in [0.05, 0.1) is 6.54 Å². The third-order valence-corrected chi connectivity index (χ3v) is 3.45. The third-order valence-electron chi connectivity index (χ3n) is 3.45. The summed E-state index contributed by atoms with van der Waals surface area (Å²) in [5.74, 6) is -0.989. The van der Waals surface area contributed by atoms with Crippen molar-refractivity contribution in [2.24, 2.45) is 0 Å². The number of nitrogens with zero attached hydrogens (tertiary/aromatic N) is 1. The molecule has 5 nitrogen and oxygen atoms in total. The van der Waals surface area contributed by atoms with Crippen molar-refractivity contribution < 1.29 is 27.8 Å². The molecule has 0 aliphatic carbocycles. The molecule has 0 bridgehead atoms. The predicted molar refractivity (Wildman–Crippen MR) is 82.8 cm³/mol. The third kappa shape index (κ3) is 4.43. The van der Waals surface area contributed by atoms with E-state index in [4.69, 9.17) is 9.47 Å². The molecular weight excluding hydrogens is 320 g/mol. The molecule has 132 valence electrons. The van der Waals surface area contributed by atoms with Crippen LogP contribution in [0.1, 0.15) is 26.3 Å². The fraction of sp³-hybridized carbons (Fsp3) is 0.529. The van der Waals surface area contributed by atoms with Crippen LogP contribution in [0.5, 0.6) is 0 Å². The highest BCUT2D eigenvalue weighted by molar-refractivity contribution is 5.83. The summed E-state index contributed by atoms with van der Waals surface area (Å²) in [4.78, 5) is 25.0. The second-order valence-electron chi connectivity index (χ2n) is 6.63. The van der Waals surface area contributed by atoms with Gasteiger partial charge in [0.25, 0.3) is 0 Å². The van der Waals surface area contributed by atoms with Crippen LogP contribution in [0.15, 0.2) is 30.3 Å². The molecule has 2 rings (SSSR count). The molecule has 7 heteroatoms. The van der Waals surface area contributed by atoms with Crippen LogP contribution < -0.4 is 0 Å². The molecular formula is C17H21F2NO4. The highest BCUT2D eigenvalue weighted by Gasteiger charge is 2.51. The fourth-order valence-corrected chi connectivity index (χ4v) is 2.35. The van der Waals surface area contributed by atoms with Gasteiger partial charge in [0, 0.05) is 0 Å². The second-order valence-corrected chi connectivity index (χ2v) is 6.63. The number of esters is 1.